The summed E-state index contributed by atoms with van der Waals surface area (Å²) in [6.45, 7) is 3.87. The van der Waals surface area contributed by atoms with Crippen LogP contribution in [0.1, 0.15) is 54.6 Å². The van der Waals surface area contributed by atoms with Crippen LogP contribution >= 0.6 is 0 Å². The maximum absolute atomic E-state index is 14.0. The van der Waals surface area contributed by atoms with Crippen LogP contribution in [0.15, 0.2) is 42.6 Å². The number of hydrogen-bond acceptors (Lipinski definition) is 4. The topological polar surface area (TPSA) is 54.0 Å². The molecule has 2 aromatic heterocycles. The molecule has 0 amide bonds. The van der Waals surface area contributed by atoms with Crippen molar-refractivity contribution in [2.75, 3.05) is 20.2 Å². The number of fused-ring (bicyclic) bond motifs is 5. The Bertz CT molecular complexity index is 1560. The molecule has 2 bridgehead atoms. The smallest absolute Gasteiger partial charge is 0.418 e. The van der Waals surface area contributed by atoms with E-state index in [1.807, 2.05) is 18.2 Å². The Labute approximate surface area is 226 Å². The first-order valence-corrected chi connectivity index (χ1v) is 13.3. The number of rotatable bonds is 5. The van der Waals surface area contributed by atoms with Crippen LogP contribution in [0.25, 0.3) is 21.9 Å². The van der Waals surface area contributed by atoms with Gasteiger partial charge in [0.1, 0.15) is 17.1 Å². The van der Waals surface area contributed by atoms with Crippen LogP contribution in [-0.2, 0) is 12.4 Å². The Morgan fingerprint density at radius 2 is 1.88 bits per heavy atom. The van der Waals surface area contributed by atoms with Crippen LogP contribution in [0.5, 0.6) is 5.75 Å². The van der Waals surface area contributed by atoms with E-state index in [0.29, 0.717) is 29.2 Å². The van der Waals surface area contributed by atoms with Gasteiger partial charge < -0.3 is 9.72 Å². The highest BCUT2D eigenvalue weighted by molar-refractivity contribution is 5.85. The SMILES string of the molecule is CCC1CN2CCC1C[C@H]2[C@@H](c1nc2c(C(F)(F)F)cc(C(F)(F)F)cc2[nH]1)c1ccnc2ccc(OC)cc12. The Morgan fingerprint density at radius 1 is 1.07 bits per heavy atom. The Balaban J connectivity index is 1.58. The van der Waals surface area contributed by atoms with Crippen LogP contribution in [0.4, 0.5) is 26.3 Å². The van der Waals surface area contributed by atoms with E-state index in [2.05, 4.69) is 26.8 Å². The van der Waals surface area contributed by atoms with Gasteiger partial charge in [-0.1, -0.05) is 13.3 Å². The van der Waals surface area contributed by atoms with Gasteiger partial charge in [0.15, 0.2) is 0 Å². The lowest BCUT2D eigenvalue weighted by Gasteiger charge is -2.52. The number of methoxy groups -OCH3 is 1. The first-order valence-electron chi connectivity index (χ1n) is 13.3. The van der Waals surface area contributed by atoms with Gasteiger partial charge >= 0.3 is 12.4 Å². The van der Waals surface area contributed by atoms with Crippen molar-refractivity contribution in [3.05, 3.63) is 65.1 Å². The number of alkyl halides is 6. The van der Waals surface area contributed by atoms with Crippen molar-refractivity contribution >= 4 is 21.9 Å². The van der Waals surface area contributed by atoms with Gasteiger partial charge in [-0.25, -0.2) is 4.98 Å². The highest BCUT2D eigenvalue weighted by atomic mass is 19.4. The largest absolute Gasteiger partial charge is 0.497 e. The second kappa shape index (κ2) is 9.64. The van der Waals surface area contributed by atoms with Crippen molar-refractivity contribution < 1.29 is 31.1 Å². The van der Waals surface area contributed by atoms with Crippen molar-refractivity contribution in [1.29, 1.82) is 0 Å². The van der Waals surface area contributed by atoms with Gasteiger partial charge in [-0.05, 0) is 73.2 Å². The number of ether oxygens (including phenoxy) is 1. The fourth-order valence-corrected chi connectivity index (χ4v) is 6.73. The van der Waals surface area contributed by atoms with Gasteiger partial charge in [-0.15, -0.1) is 0 Å². The van der Waals surface area contributed by atoms with E-state index >= 15 is 0 Å². The number of pyridine rings is 1. The van der Waals surface area contributed by atoms with Crippen LogP contribution < -0.4 is 4.74 Å². The molecule has 3 unspecified atom stereocenters. The van der Waals surface area contributed by atoms with Gasteiger partial charge in [-0.2, -0.15) is 26.3 Å². The molecule has 0 spiro atoms. The second-order valence-electron chi connectivity index (χ2n) is 10.8. The van der Waals surface area contributed by atoms with Crippen LogP contribution in [0, 0.1) is 11.8 Å². The average Bonchev–Trinajstić information content (AvgIpc) is 3.35. The van der Waals surface area contributed by atoms with E-state index in [0.717, 1.165) is 43.3 Å². The maximum Gasteiger partial charge on any atom is 0.418 e. The summed E-state index contributed by atoms with van der Waals surface area (Å²) >= 11 is 0. The third-order valence-corrected chi connectivity index (χ3v) is 8.69. The summed E-state index contributed by atoms with van der Waals surface area (Å²) in [6, 6.07) is 8.01. The van der Waals surface area contributed by atoms with E-state index in [9.17, 15) is 26.3 Å². The predicted molar refractivity (Wildman–Crippen MR) is 138 cm³/mol. The van der Waals surface area contributed by atoms with Crippen LogP contribution in [-0.4, -0.2) is 46.1 Å². The molecule has 3 saturated heterocycles. The molecule has 1 N–H and O–H groups in total. The molecule has 0 radical (unpaired) electrons. The number of hydrogen-bond donors (Lipinski definition) is 1. The van der Waals surface area contributed by atoms with Gasteiger partial charge in [0, 0.05) is 24.2 Å². The van der Waals surface area contributed by atoms with E-state index in [4.69, 9.17) is 4.74 Å². The lowest BCUT2D eigenvalue weighted by Crippen LogP contribution is -2.55. The lowest BCUT2D eigenvalue weighted by molar-refractivity contribution is -0.142. The summed E-state index contributed by atoms with van der Waals surface area (Å²) in [4.78, 5) is 14.1. The fraction of sp³-hybridized carbons (Fsp3) is 0.448. The molecule has 2 aromatic carbocycles. The van der Waals surface area contributed by atoms with Gasteiger partial charge in [0.25, 0.3) is 0 Å². The molecule has 5 atom stereocenters. The molecule has 3 aliphatic heterocycles. The quantitative estimate of drug-likeness (QED) is 0.258. The summed E-state index contributed by atoms with van der Waals surface area (Å²) in [5, 5.41) is 0.758. The Morgan fingerprint density at radius 3 is 2.52 bits per heavy atom. The summed E-state index contributed by atoms with van der Waals surface area (Å²) < 4.78 is 88.3. The first kappa shape index (κ1) is 26.9. The van der Waals surface area contributed by atoms with Crippen molar-refractivity contribution in [2.45, 2.75) is 50.5 Å². The van der Waals surface area contributed by atoms with Gasteiger partial charge in [-0.3, -0.25) is 9.88 Å². The molecule has 40 heavy (non-hydrogen) atoms. The van der Waals surface area contributed by atoms with Crippen molar-refractivity contribution in [1.82, 2.24) is 19.9 Å². The van der Waals surface area contributed by atoms with Gasteiger partial charge in [0.05, 0.1) is 35.2 Å². The monoisotopic (exact) mass is 562 g/mol. The average molecular weight is 563 g/mol. The number of aromatic amines is 1. The normalized spacial score (nSPS) is 24.1. The number of imidazole rings is 1. The minimum atomic E-state index is -5.01. The standard InChI is InChI=1S/C29H28F6N4O/c1-3-15-14-39-9-7-16(15)10-24(39)25(19-6-8-36-22-5-4-18(40-2)13-20(19)22)27-37-23-12-17(28(30,31)32)11-21(26(23)38-27)29(33,34)35/h4-6,8,11-13,15-16,24-25H,3,7,9-10,14H2,1-2H3,(H,37,38)/t15?,16?,24-,25-/m0/s1. The zero-order chi connectivity index (χ0) is 28.4. The molecule has 212 valence electrons. The molecule has 4 aromatic rings. The lowest BCUT2D eigenvalue weighted by atomic mass is 9.70. The predicted octanol–water partition coefficient (Wildman–Crippen LogP) is 7.41. The molecule has 5 nitrogen and oxygen atoms in total. The summed E-state index contributed by atoms with van der Waals surface area (Å²) in [7, 11) is 1.54. The summed E-state index contributed by atoms with van der Waals surface area (Å²) in [6.07, 6.45) is -5.42. The molecule has 3 fully saturated rings. The molecule has 0 saturated carbocycles. The molecule has 0 aliphatic carbocycles. The minimum absolute atomic E-state index is 0.102. The first-order chi connectivity index (χ1) is 19.0. The van der Waals surface area contributed by atoms with E-state index in [-0.39, 0.29) is 23.4 Å². The fourth-order valence-electron chi connectivity index (χ4n) is 6.73. The number of nitrogens with one attached hydrogen (secondary N) is 1. The Kier molecular flexibility index (Phi) is 6.47. The van der Waals surface area contributed by atoms with E-state index < -0.39 is 34.9 Å². The maximum atomic E-state index is 14.0. The van der Waals surface area contributed by atoms with Crippen molar-refractivity contribution in [2.24, 2.45) is 11.8 Å². The molecule has 5 heterocycles. The highest BCUT2D eigenvalue weighted by Crippen LogP contribution is 2.47. The highest BCUT2D eigenvalue weighted by Gasteiger charge is 2.45. The number of H-pyrrole nitrogens is 1. The summed E-state index contributed by atoms with van der Waals surface area (Å²) in [5.41, 5.74) is -2.12. The van der Waals surface area contributed by atoms with Crippen molar-refractivity contribution in [3.63, 3.8) is 0 Å². The van der Waals surface area contributed by atoms with Crippen LogP contribution in [0.3, 0.4) is 0 Å². The van der Waals surface area contributed by atoms with E-state index in [1.165, 1.54) is 0 Å². The third kappa shape index (κ3) is 4.57. The zero-order valence-electron chi connectivity index (χ0n) is 21.9. The number of piperidine rings is 3. The zero-order valence-corrected chi connectivity index (χ0v) is 21.9. The molecular weight excluding hydrogens is 534 g/mol. The van der Waals surface area contributed by atoms with Crippen molar-refractivity contribution in [3.8, 4) is 5.75 Å². The molecule has 7 rings (SSSR count). The van der Waals surface area contributed by atoms with E-state index in [1.54, 1.807) is 19.4 Å². The molecule has 11 heteroatoms. The number of aromatic nitrogens is 3. The third-order valence-electron chi connectivity index (χ3n) is 8.69. The number of halogens is 6. The summed E-state index contributed by atoms with van der Waals surface area (Å²) in [5.74, 6) is 1.26. The Hall–Kier alpha value is -3.34. The number of benzene rings is 2. The second-order valence-corrected chi connectivity index (χ2v) is 10.8. The van der Waals surface area contributed by atoms with Crippen LogP contribution in [0.2, 0.25) is 0 Å². The minimum Gasteiger partial charge on any atom is -0.497 e. The molecule has 3 aliphatic rings. The molecular formula is C29H28F6N4O. The van der Waals surface area contributed by atoms with Gasteiger partial charge in [0.2, 0.25) is 0 Å². The number of nitrogens with zero attached hydrogens (tertiary/aromatic N) is 3.